The molecule has 1 aromatic carbocycles. The molecule has 1 aromatic heterocycles. The Bertz CT molecular complexity index is 672. The second-order valence-electron chi connectivity index (χ2n) is 5.41. The summed E-state index contributed by atoms with van der Waals surface area (Å²) in [6, 6.07) is 10.8. The normalized spacial score (nSPS) is 11.4. The largest absolute Gasteiger partial charge is 0.484 e. The van der Waals surface area contributed by atoms with Crippen molar-refractivity contribution in [3.63, 3.8) is 0 Å². The lowest BCUT2D eigenvalue weighted by molar-refractivity contribution is -0.123. The quantitative estimate of drug-likeness (QED) is 0.799. The Kier molecular flexibility index (Phi) is 6.31. The Balaban J connectivity index is 1.76. The van der Waals surface area contributed by atoms with Gasteiger partial charge in [0.25, 0.3) is 11.8 Å². The van der Waals surface area contributed by atoms with E-state index >= 15 is 0 Å². The van der Waals surface area contributed by atoms with Crippen molar-refractivity contribution in [1.29, 1.82) is 0 Å². The summed E-state index contributed by atoms with van der Waals surface area (Å²) < 4.78 is 5.40. The van der Waals surface area contributed by atoms with E-state index in [1.54, 1.807) is 12.1 Å². The number of hydrogen-bond donors (Lipinski definition) is 2. The van der Waals surface area contributed by atoms with E-state index in [0.29, 0.717) is 17.2 Å². The number of hydrazine groups is 1. The number of amides is 2. The highest BCUT2D eigenvalue weighted by Crippen LogP contribution is 2.21. The van der Waals surface area contributed by atoms with Crippen LogP contribution in [-0.2, 0) is 4.79 Å². The second-order valence-corrected chi connectivity index (χ2v) is 5.41. The third-order valence-corrected chi connectivity index (χ3v) is 3.69. The number of carbonyl (C=O) groups is 2. The number of nitrogens with zero attached hydrogens (tertiary/aromatic N) is 1. The first-order valence-electron chi connectivity index (χ1n) is 7.82. The summed E-state index contributed by atoms with van der Waals surface area (Å²) in [7, 11) is 0. The first-order chi connectivity index (χ1) is 11.6. The molecular formula is C18H21N3O3. The molecule has 0 saturated carbocycles. The Morgan fingerprint density at radius 1 is 1.08 bits per heavy atom. The van der Waals surface area contributed by atoms with Crippen molar-refractivity contribution < 1.29 is 14.3 Å². The lowest BCUT2D eigenvalue weighted by atomic mass is 9.99. The summed E-state index contributed by atoms with van der Waals surface area (Å²) in [5.41, 5.74) is 6.27. The van der Waals surface area contributed by atoms with E-state index in [9.17, 15) is 9.59 Å². The number of hydrogen-bond acceptors (Lipinski definition) is 4. The van der Waals surface area contributed by atoms with Gasteiger partial charge < -0.3 is 4.74 Å². The molecule has 2 rings (SSSR count). The summed E-state index contributed by atoms with van der Waals surface area (Å²) in [5.74, 6) is 0.246. The van der Waals surface area contributed by atoms with Gasteiger partial charge in [0, 0.05) is 18.0 Å². The smallest absolute Gasteiger partial charge is 0.276 e. The van der Waals surface area contributed by atoms with Crippen molar-refractivity contribution in [2.45, 2.75) is 26.2 Å². The van der Waals surface area contributed by atoms with Crippen molar-refractivity contribution in [2.24, 2.45) is 0 Å². The van der Waals surface area contributed by atoms with E-state index < -0.39 is 11.8 Å². The molecule has 0 aliphatic carbocycles. The molecule has 2 amide bonds. The van der Waals surface area contributed by atoms with Crippen LogP contribution in [0.25, 0.3) is 0 Å². The number of aromatic nitrogens is 1. The van der Waals surface area contributed by atoms with Crippen LogP contribution >= 0.6 is 0 Å². The SMILES string of the molecule is CC[C@H](C)c1ccc(OCC(=O)NNC(=O)c2ccncc2)cc1. The molecule has 2 N–H and O–H groups in total. The van der Waals surface area contributed by atoms with Crippen LogP contribution in [-0.4, -0.2) is 23.4 Å². The first-order valence-corrected chi connectivity index (χ1v) is 7.82. The Morgan fingerprint density at radius 2 is 1.75 bits per heavy atom. The van der Waals surface area contributed by atoms with Gasteiger partial charge in [-0.2, -0.15) is 0 Å². The highest BCUT2D eigenvalue weighted by Gasteiger charge is 2.08. The van der Waals surface area contributed by atoms with Gasteiger partial charge in [-0.1, -0.05) is 26.0 Å². The van der Waals surface area contributed by atoms with E-state index in [-0.39, 0.29) is 6.61 Å². The molecule has 0 aliphatic rings. The van der Waals surface area contributed by atoms with Crippen molar-refractivity contribution in [3.05, 3.63) is 59.9 Å². The van der Waals surface area contributed by atoms with Crippen LogP contribution in [0.5, 0.6) is 5.75 Å². The minimum Gasteiger partial charge on any atom is -0.484 e. The Morgan fingerprint density at radius 3 is 2.38 bits per heavy atom. The van der Waals surface area contributed by atoms with Crippen molar-refractivity contribution in [1.82, 2.24) is 15.8 Å². The van der Waals surface area contributed by atoms with Crippen molar-refractivity contribution in [2.75, 3.05) is 6.61 Å². The van der Waals surface area contributed by atoms with Gasteiger partial charge in [0.15, 0.2) is 6.61 Å². The van der Waals surface area contributed by atoms with Crippen LogP contribution in [0.2, 0.25) is 0 Å². The molecular weight excluding hydrogens is 306 g/mol. The zero-order valence-electron chi connectivity index (χ0n) is 13.8. The average Bonchev–Trinajstić information content (AvgIpc) is 2.64. The third-order valence-electron chi connectivity index (χ3n) is 3.69. The molecule has 0 bridgehead atoms. The zero-order valence-corrected chi connectivity index (χ0v) is 13.8. The number of rotatable bonds is 6. The summed E-state index contributed by atoms with van der Waals surface area (Å²) in [5, 5.41) is 0. The van der Waals surface area contributed by atoms with E-state index in [1.165, 1.54) is 18.0 Å². The average molecular weight is 327 g/mol. The second kappa shape index (κ2) is 8.67. The summed E-state index contributed by atoms with van der Waals surface area (Å²) in [6.45, 7) is 4.12. The number of nitrogens with one attached hydrogen (secondary N) is 2. The third kappa shape index (κ3) is 5.08. The fraction of sp³-hybridized carbons (Fsp3) is 0.278. The van der Waals surface area contributed by atoms with Crippen LogP contribution in [0.4, 0.5) is 0 Å². The topological polar surface area (TPSA) is 80.3 Å². The van der Waals surface area contributed by atoms with E-state index in [1.807, 2.05) is 24.3 Å². The van der Waals surface area contributed by atoms with Gasteiger partial charge in [-0.15, -0.1) is 0 Å². The van der Waals surface area contributed by atoms with Crippen molar-refractivity contribution in [3.8, 4) is 5.75 Å². The van der Waals surface area contributed by atoms with Gasteiger partial charge in [0.2, 0.25) is 0 Å². The van der Waals surface area contributed by atoms with Crippen LogP contribution in [0.1, 0.15) is 42.1 Å². The standard InChI is InChI=1S/C18H21N3O3/c1-3-13(2)14-4-6-16(7-5-14)24-12-17(22)20-21-18(23)15-8-10-19-11-9-15/h4-11,13H,3,12H2,1-2H3,(H,20,22)(H,21,23)/t13-/m0/s1. The predicted octanol–water partition coefficient (Wildman–Crippen LogP) is 2.44. The molecule has 0 fully saturated rings. The van der Waals surface area contributed by atoms with Gasteiger partial charge in [-0.3, -0.25) is 25.4 Å². The summed E-state index contributed by atoms with van der Waals surface area (Å²) >= 11 is 0. The number of ether oxygens (including phenoxy) is 1. The number of pyridine rings is 1. The molecule has 126 valence electrons. The Hall–Kier alpha value is -2.89. The Labute approximate surface area is 141 Å². The predicted molar refractivity (Wildman–Crippen MR) is 90.5 cm³/mol. The molecule has 24 heavy (non-hydrogen) atoms. The molecule has 0 spiro atoms. The molecule has 2 aromatic rings. The molecule has 0 aliphatic heterocycles. The fourth-order valence-corrected chi connectivity index (χ4v) is 2.02. The molecule has 1 atom stereocenters. The van der Waals surface area contributed by atoms with E-state index in [4.69, 9.17) is 4.74 Å². The lowest BCUT2D eigenvalue weighted by Gasteiger charge is -2.11. The minimum atomic E-state index is -0.441. The van der Waals surface area contributed by atoms with Crippen LogP contribution in [0.3, 0.4) is 0 Å². The minimum absolute atomic E-state index is 0.181. The first kappa shape index (κ1) is 17.5. The van der Waals surface area contributed by atoms with Gasteiger partial charge in [0.1, 0.15) is 5.75 Å². The van der Waals surface area contributed by atoms with Gasteiger partial charge in [-0.25, -0.2) is 0 Å². The van der Waals surface area contributed by atoms with E-state index in [0.717, 1.165) is 6.42 Å². The molecule has 0 radical (unpaired) electrons. The summed E-state index contributed by atoms with van der Waals surface area (Å²) in [4.78, 5) is 27.3. The van der Waals surface area contributed by atoms with Crippen LogP contribution < -0.4 is 15.6 Å². The maximum Gasteiger partial charge on any atom is 0.276 e. The van der Waals surface area contributed by atoms with Crippen LogP contribution in [0.15, 0.2) is 48.8 Å². The molecule has 0 unspecified atom stereocenters. The molecule has 1 heterocycles. The van der Waals surface area contributed by atoms with E-state index in [2.05, 4.69) is 29.7 Å². The van der Waals surface area contributed by atoms with Crippen molar-refractivity contribution >= 4 is 11.8 Å². The fourth-order valence-electron chi connectivity index (χ4n) is 2.02. The molecule has 6 heteroatoms. The van der Waals surface area contributed by atoms with Gasteiger partial charge in [-0.05, 0) is 42.2 Å². The van der Waals surface area contributed by atoms with Crippen LogP contribution in [0, 0.1) is 0 Å². The zero-order chi connectivity index (χ0) is 17.4. The molecule has 6 nitrogen and oxygen atoms in total. The monoisotopic (exact) mass is 327 g/mol. The van der Waals surface area contributed by atoms with Gasteiger partial charge >= 0.3 is 0 Å². The number of carbonyl (C=O) groups excluding carboxylic acids is 2. The molecule has 0 saturated heterocycles. The lowest BCUT2D eigenvalue weighted by Crippen LogP contribution is -2.43. The maximum atomic E-state index is 11.8. The number of benzene rings is 1. The summed E-state index contributed by atoms with van der Waals surface area (Å²) in [6.07, 6.45) is 4.07. The highest BCUT2D eigenvalue weighted by atomic mass is 16.5. The highest BCUT2D eigenvalue weighted by molar-refractivity contribution is 5.95. The van der Waals surface area contributed by atoms with Gasteiger partial charge in [0.05, 0.1) is 0 Å². The maximum absolute atomic E-state index is 11.8.